The Morgan fingerprint density at radius 1 is 1.29 bits per heavy atom. The summed E-state index contributed by atoms with van der Waals surface area (Å²) < 4.78 is 1.55. The maximum atomic E-state index is 12.5. The van der Waals surface area contributed by atoms with Crippen LogP contribution in [0.15, 0.2) is 14.6 Å². The molecule has 2 bridgehead atoms. The van der Waals surface area contributed by atoms with Crippen molar-refractivity contribution in [2.45, 2.75) is 57.5 Å². The average molecular weight is 400 g/mol. The van der Waals surface area contributed by atoms with Crippen molar-refractivity contribution in [2.75, 3.05) is 5.75 Å². The normalized spacial score (nSPS) is 23.6. The Kier molecular flexibility index (Phi) is 5.28. The van der Waals surface area contributed by atoms with Gasteiger partial charge in [-0.05, 0) is 42.9 Å². The summed E-state index contributed by atoms with van der Waals surface area (Å²) in [5, 5.41) is 9.82. The highest BCUT2D eigenvalue weighted by Gasteiger charge is 2.39. The first-order valence-corrected chi connectivity index (χ1v) is 11.0. The number of aromatic amines is 1. The minimum Gasteiger partial charge on any atom is -0.277 e. The van der Waals surface area contributed by atoms with E-state index in [-0.39, 0.29) is 11.7 Å². The molecule has 0 unspecified atom stereocenters. The molecule has 0 amide bonds. The number of H-pyrrole nitrogens is 1. The maximum Gasteiger partial charge on any atom is 0.330 e. The van der Waals surface area contributed by atoms with E-state index in [1.54, 1.807) is 4.57 Å². The van der Waals surface area contributed by atoms with Crippen molar-refractivity contribution >= 4 is 22.8 Å². The molecule has 0 aliphatic heterocycles. The van der Waals surface area contributed by atoms with Crippen molar-refractivity contribution in [1.29, 1.82) is 5.26 Å². The fourth-order valence-corrected chi connectivity index (χ4v) is 5.58. The Bertz CT molecular complexity index is 1050. The highest BCUT2D eigenvalue weighted by atomic mass is 32.2. The first-order chi connectivity index (χ1) is 13.5. The summed E-state index contributed by atoms with van der Waals surface area (Å²) >= 11 is 1.24. The zero-order valence-electron chi connectivity index (χ0n) is 16.3. The lowest BCUT2D eigenvalue weighted by Crippen LogP contribution is -2.33. The molecular formula is C20H25N5O2S. The Balaban J connectivity index is 1.82. The minimum absolute atomic E-state index is 0.197. The van der Waals surface area contributed by atoms with Crippen LogP contribution < -0.4 is 11.2 Å². The molecule has 148 valence electrons. The SMILES string of the molecule is CC(C)Cn1c(=O)[nH]c(=O)c2c(SCC#N)nc(C[C@@H]3C[C@H]4CC[C@H]3C4)nc21. The van der Waals surface area contributed by atoms with Crippen molar-refractivity contribution in [3.63, 3.8) is 0 Å². The maximum absolute atomic E-state index is 12.5. The summed E-state index contributed by atoms with van der Waals surface area (Å²) in [6, 6.07) is 2.09. The van der Waals surface area contributed by atoms with Crippen LogP contribution in [0.2, 0.25) is 0 Å². The molecule has 3 atom stereocenters. The molecule has 8 heteroatoms. The number of nitrogens with one attached hydrogen (secondary N) is 1. The summed E-state index contributed by atoms with van der Waals surface area (Å²) in [6.07, 6.45) is 5.94. The summed E-state index contributed by atoms with van der Waals surface area (Å²) in [7, 11) is 0. The molecule has 7 nitrogen and oxygen atoms in total. The Morgan fingerprint density at radius 3 is 2.75 bits per heavy atom. The van der Waals surface area contributed by atoms with Crippen LogP contribution in [0.3, 0.4) is 0 Å². The molecule has 4 rings (SSSR count). The van der Waals surface area contributed by atoms with Gasteiger partial charge in [-0.3, -0.25) is 14.3 Å². The molecule has 2 aliphatic rings. The van der Waals surface area contributed by atoms with Gasteiger partial charge in [0.05, 0.1) is 11.8 Å². The number of hydrogen-bond acceptors (Lipinski definition) is 6. The number of thioether (sulfide) groups is 1. The number of aromatic nitrogens is 4. The molecule has 0 spiro atoms. The fraction of sp³-hybridized carbons (Fsp3) is 0.650. The quantitative estimate of drug-likeness (QED) is 0.591. The summed E-state index contributed by atoms with van der Waals surface area (Å²) in [6.45, 7) is 4.51. The Labute approximate surface area is 167 Å². The van der Waals surface area contributed by atoms with Crippen molar-refractivity contribution in [3.05, 3.63) is 26.7 Å². The van der Waals surface area contributed by atoms with Gasteiger partial charge in [-0.2, -0.15) is 5.26 Å². The molecule has 2 aromatic heterocycles. The van der Waals surface area contributed by atoms with Gasteiger partial charge in [-0.15, -0.1) is 0 Å². The number of fused-ring (bicyclic) bond motifs is 3. The van der Waals surface area contributed by atoms with Gasteiger partial charge in [0.25, 0.3) is 5.56 Å². The molecule has 28 heavy (non-hydrogen) atoms. The van der Waals surface area contributed by atoms with Crippen molar-refractivity contribution in [2.24, 2.45) is 23.7 Å². The first kappa shape index (κ1) is 19.2. The van der Waals surface area contributed by atoms with Crippen LogP contribution in [0.1, 0.15) is 45.4 Å². The standard InChI is InChI=1S/C20H25N5O2S/c1-11(2)10-25-17-16(18(26)24-20(25)27)19(28-6-5-21)23-15(22-17)9-14-8-12-3-4-13(14)7-12/h11-14H,3-4,6-10H2,1-2H3,(H,24,26,27)/t12-,13-,14-/m0/s1. The number of nitrogens with zero attached hydrogens (tertiary/aromatic N) is 4. The van der Waals surface area contributed by atoms with Crippen LogP contribution in [0, 0.1) is 35.0 Å². The van der Waals surface area contributed by atoms with Crippen LogP contribution >= 0.6 is 11.8 Å². The van der Waals surface area contributed by atoms with Gasteiger partial charge in [0.2, 0.25) is 0 Å². The molecule has 0 aromatic carbocycles. The van der Waals surface area contributed by atoms with Gasteiger partial charge in [0.15, 0.2) is 5.65 Å². The van der Waals surface area contributed by atoms with Gasteiger partial charge >= 0.3 is 5.69 Å². The van der Waals surface area contributed by atoms with E-state index >= 15 is 0 Å². The highest BCUT2D eigenvalue weighted by molar-refractivity contribution is 7.99. The number of hydrogen-bond donors (Lipinski definition) is 1. The second-order valence-corrected chi connectivity index (χ2v) is 9.46. The third-order valence-electron chi connectivity index (χ3n) is 6.00. The second kappa shape index (κ2) is 7.70. The zero-order valence-corrected chi connectivity index (χ0v) is 17.1. The predicted octanol–water partition coefficient (Wildman–Crippen LogP) is 2.73. The smallest absolute Gasteiger partial charge is 0.277 e. The van der Waals surface area contributed by atoms with Crippen molar-refractivity contribution in [1.82, 2.24) is 19.5 Å². The van der Waals surface area contributed by atoms with Crippen LogP contribution in [0.25, 0.3) is 11.0 Å². The van der Waals surface area contributed by atoms with E-state index < -0.39 is 11.2 Å². The lowest BCUT2D eigenvalue weighted by molar-refractivity contribution is 0.326. The van der Waals surface area contributed by atoms with E-state index in [0.717, 1.165) is 18.3 Å². The van der Waals surface area contributed by atoms with Crippen LogP contribution in [0.5, 0.6) is 0 Å². The summed E-state index contributed by atoms with van der Waals surface area (Å²) in [4.78, 5) is 36.8. The molecule has 2 aromatic rings. The number of nitriles is 1. The van der Waals surface area contributed by atoms with Gasteiger partial charge in [-0.1, -0.05) is 32.0 Å². The van der Waals surface area contributed by atoms with Gasteiger partial charge in [0, 0.05) is 13.0 Å². The molecule has 0 saturated heterocycles. The third kappa shape index (κ3) is 3.60. The van der Waals surface area contributed by atoms with E-state index in [1.807, 2.05) is 13.8 Å². The summed E-state index contributed by atoms with van der Waals surface area (Å²) in [5.74, 6) is 3.28. The van der Waals surface area contributed by atoms with Gasteiger partial charge in [0.1, 0.15) is 16.2 Å². The van der Waals surface area contributed by atoms with Crippen LogP contribution in [0.4, 0.5) is 0 Å². The van der Waals surface area contributed by atoms with Gasteiger partial charge in [-0.25, -0.2) is 14.8 Å². The van der Waals surface area contributed by atoms with E-state index in [9.17, 15) is 9.59 Å². The fourth-order valence-electron chi connectivity index (χ4n) is 4.88. The lowest BCUT2D eigenvalue weighted by Gasteiger charge is -2.21. The highest BCUT2D eigenvalue weighted by Crippen LogP contribution is 2.49. The summed E-state index contributed by atoms with van der Waals surface area (Å²) in [5.41, 5.74) is -0.519. The third-order valence-corrected chi connectivity index (χ3v) is 6.84. The van der Waals surface area contributed by atoms with E-state index in [0.29, 0.717) is 34.3 Å². The topological polar surface area (TPSA) is 104 Å². The van der Waals surface area contributed by atoms with E-state index in [1.165, 1.54) is 37.4 Å². The Hall–Kier alpha value is -2.14. The molecule has 2 heterocycles. The molecule has 0 radical (unpaired) electrons. The van der Waals surface area contributed by atoms with Crippen molar-refractivity contribution in [3.8, 4) is 6.07 Å². The average Bonchev–Trinajstić information content (AvgIpc) is 3.25. The first-order valence-electron chi connectivity index (χ1n) is 9.99. The molecule has 1 N–H and O–H groups in total. The predicted molar refractivity (Wildman–Crippen MR) is 108 cm³/mol. The molecule has 2 fully saturated rings. The van der Waals surface area contributed by atoms with Gasteiger partial charge < -0.3 is 0 Å². The number of rotatable bonds is 6. The zero-order chi connectivity index (χ0) is 19.8. The molecule has 2 aliphatic carbocycles. The van der Waals surface area contributed by atoms with Crippen LogP contribution in [-0.4, -0.2) is 25.3 Å². The van der Waals surface area contributed by atoms with E-state index in [4.69, 9.17) is 10.2 Å². The van der Waals surface area contributed by atoms with E-state index in [2.05, 4.69) is 16.0 Å². The van der Waals surface area contributed by atoms with Crippen LogP contribution in [-0.2, 0) is 13.0 Å². The molecular weight excluding hydrogens is 374 g/mol. The minimum atomic E-state index is -0.480. The largest absolute Gasteiger partial charge is 0.330 e. The van der Waals surface area contributed by atoms with Crippen molar-refractivity contribution < 1.29 is 0 Å². The monoisotopic (exact) mass is 399 g/mol. The Morgan fingerprint density at radius 2 is 2.11 bits per heavy atom. The molecule has 2 saturated carbocycles. The second-order valence-electron chi connectivity index (χ2n) is 8.49. The lowest BCUT2D eigenvalue weighted by atomic mass is 9.86.